The van der Waals surface area contributed by atoms with Gasteiger partial charge in [-0.1, -0.05) is 27.7 Å². The first kappa shape index (κ1) is 19.4. The van der Waals surface area contributed by atoms with Crippen LogP contribution >= 0.6 is 0 Å². The van der Waals surface area contributed by atoms with Crippen LogP contribution in [0.2, 0.25) is 0 Å². The van der Waals surface area contributed by atoms with Gasteiger partial charge in [0.2, 0.25) is 5.91 Å². The predicted molar refractivity (Wildman–Crippen MR) is 84.9 cm³/mol. The molecule has 20 heavy (non-hydrogen) atoms. The number of ether oxygens (including phenoxy) is 1. The summed E-state index contributed by atoms with van der Waals surface area (Å²) in [6.07, 6.45) is 0.522. The summed E-state index contributed by atoms with van der Waals surface area (Å²) in [5, 5.41) is 0. The molecule has 0 aromatic heterocycles. The van der Waals surface area contributed by atoms with Crippen LogP contribution in [0.25, 0.3) is 0 Å². The van der Waals surface area contributed by atoms with E-state index in [-0.39, 0.29) is 5.91 Å². The smallest absolute Gasteiger partial charge is 0.224 e. The van der Waals surface area contributed by atoms with Crippen molar-refractivity contribution in [3.05, 3.63) is 0 Å². The van der Waals surface area contributed by atoms with Crippen LogP contribution in [0, 0.1) is 5.92 Å². The van der Waals surface area contributed by atoms with Gasteiger partial charge < -0.3 is 9.64 Å². The third-order valence-corrected chi connectivity index (χ3v) is 3.31. The zero-order valence-corrected chi connectivity index (χ0v) is 14.3. The molecule has 0 saturated carbocycles. The van der Waals surface area contributed by atoms with Gasteiger partial charge in [-0.05, 0) is 19.8 Å². The highest BCUT2D eigenvalue weighted by molar-refractivity contribution is 5.76. The van der Waals surface area contributed by atoms with E-state index in [0.29, 0.717) is 25.0 Å². The van der Waals surface area contributed by atoms with E-state index in [1.807, 2.05) is 18.7 Å². The van der Waals surface area contributed by atoms with Crippen molar-refractivity contribution in [3.63, 3.8) is 0 Å². The first-order valence-corrected chi connectivity index (χ1v) is 8.10. The number of carbonyl (C=O) groups excluding carboxylic acids is 1. The van der Waals surface area contributed by atoms with Gasteiger partial charge in [-0.2, -0.15) is 0 Å². The lowest BCUT2D eigenvalue weighted by atomic mass is 10.2. The van der Waals surface area contributed by atoms with Gasteiger partial charge in [0, 0.05) is 38.8 Å². The molecule has 4 heteroatoms. The van der Waals surface area contributed by atoms with E-state index in [4.69, 9.17) is 4.74 Å². The Labute approximate surface area is 125 Å². The summed E-state index contributed by atoms with van der Waals surface area (Å²) in [6.45, 7) is 17.7. The predicted octanol–water partition coefficient (Wildman–Crippen LogP) is 2.63. The molecular weight excluding hydrogens is 252 g/mol. The SMILES string of the molecule is CC.CC(C)COCCC(=O)N1CCN(C(C)C)CC1. The van der Waals surface area contributed by atoms with Crippen molar-refractivity contribution in [2.45, 2.75) is 54.0 Å². The zero-order valence-electron chi connectivity index (χ0n) is 14.3. The van der Waals surface area contributed by atoms with Crippen molar-refractivity contribution >= 4 is 5.91 Å². The molecular formula is C16H34N2O2. The minimum absolute atomic E-state index is 0.238. The van der Waals surface area contributed by atoms with E-state index in [9.17, 15) is 4.79 Å². The monoisotopic (exact) mass is 286 g/mol. The van der Waals surface area contributed by atoms with Crippen LogP contribution in [0.5, 0.6) is 0 Å². The molecule has 0 aliphatic carbocycles. The van der Waals surface area contributed by atoms with Crippen LogP contribution in [0.3, 0.4) is 0 Å². The van der Waals surface area contributed by atoms with Crippen molar-refractivity contribution in [1.82, 2.24) is 9.80 Å². The maximum atomic E-state index is 11.9. The first-order valence-electron chi connectivity index (χ1n) is 8.10. The normalized spacial score (nSPS) is 16.3. The van der Waals surface area contributed by atoms with Crippen LogP contribution in [-0.2, 0) is 9.53 Å². The quantitative estimate of drug-likeness (QED) is 0.704. The van der Waals surface area contributed by atoms with Crippen molar-refractivity contribution in [2.24, 2.45) is 5.92 Å². The number of hydrogen-bond donors (Lipinski definition) is 0. The lowest BCUT2D eigenvalue weighted by molar-refractivity contribution is -0.134. The Morgan fingerprint density at radius 2 is 1.60 bits per heavy atom. The molecule has 120 valence electrons. The second-order valence-corrected chi connectivity index (χ2v) is 5.73. The summed E-state index contributed by atoms with van der Waals surface area (Å²) in [7, 11) is 0. The maximum absolute atomic E-state index is 11.9. The molecule has 0 spiro atoms. The second-order valence-electron chi connectivity index (χ2n) is 5.73. The highest BCUT2D eigenvalue weighted by Gasteiger charge is 2.21. The van der Waals surface area contributed by atoms with Gasteiger partial charge >= 0.3 is 0 Å². The van der Waals surface area contributed by atoms with Crippen LogP contribution < -0.4 is 0 Å². The van der Waals surface area contributed by atoms with E-state index in [1.165, 1.54) is 0 Å². The van der Waals surface area contributed by atoms with Gasteiger partial charge in [0.1, 0.15) is 0 Å². The standard InChI is InChI=1S/C14H28N2O2.C2H6/c1-12(2)11-18-10-5-14(17)16-8-6-15(7-9-16)13(3)4;1-2/h12-13H,5-11H2,1-4H3;1-2H3. The molecule has 0 aromatic rings. The van der Waals surface area contributed by atoms with Crippen molar-refractivity contribution in [1.29, 1.82) is 0 Å². The van der Waals surface area contributed by atoms with Crippen LogP contribution in [0.15, 0.2) is 0 Å². The molecule has 1 fully saturated rings. The number of nitrogens with zero attached hydrogens (tertiary/aromatic N) is 2. The third-order valence-electron chi connectivity index (χ3n) is 3.31. The molecule has 0 bridgehead atoms. The van der Waals surface area contributed by atoms with Crippen LogP contribution in [-0.4, -0.2) is 61.1 Å². The molecule has 1 aliphatic heterocycles. The first-order chi connectivity index (χ1) is 9.50. The molecule has 1 amide bonds. The summed E-state index contributed by atoms with van der Waals surface area (Å²) in [6, 6.07) is 0.580. The molecule has 0 aromatic carbocycles. The summed E-state index contributed by atoms with van der Waals surface area (Å²) in [5.41, 5.74) is 0. The lowest BCUT2D eigenvalue weighted by Gasteiger charge is -2.37. The molecule has 1 rings (SSSR count). The fourth-order valence-electron chi connectivity index (χ4n) is 2.12. The fourth-order valence-corrected chi connectivity index (χ4v) is 2.12. The van der Waals surface area contributed by atoms with Gasteiger partial charge in [-0.3, -0.25) is 9.69 Å². The average molecular weight is 286 g/mol. The number of amides is 1. The largest absolute Gasteiger partial charge is 0.381 e. The average Bonchev–Trinajstić information content (AvgIpc) is 2.45. The highest BCUT2D eigenvalue weighted by Crippen LogP contribution is 2.07. The second kappa shape index (κ2) is 11.1. The molecule has 0 radical (unpaired) electrons. The Bertz CT molecular complexity index is 247. The minimum atomic E-state index is 0.238. The van der Waals surface area contributed by atoms with Crippen LogP contribution in [0.4, 0.5) is 0 Å². The van der Waals surface area contributed by atoms with Crippen molar-refractivity contribution in [3.8, 4) is 0 Å². The number of hydrogen-bond acceptors (Lipinski definition) is 3. The molecule has 1 heterocycles. The topological polar surface area (TPSA) is 32.8 Å². The Kier molecular flexibility index (Phi) is 10.8. The Hall–Kier alpha value is -0.610. The van der Waals surface area contributed by atoms with Gasteiger partial charge in [0.05, 0.1) is 13.0 Å². The Morgan fingerprint density at radius 3 is 2.05 bits per heavy atom. The highest BCUT2D eigenvalue weighted by atomic mass is 16.5. The van der Waals surface area contributed by atoms with Gasteiger partial charge in [0.25, 0.3) is 0 Å². The summed E-state index contributed by atoms with van der Waals surface area (Å²) in [4.78, 5) is 16.3. The van der Waals surface area contributed by atoms with E-state index in [0.717, 1.165) is 32.8 Å². The number of piperazine rings is 1. The molecule has 0 unspecified atom stereocenters. The van der Waals surface area contributed by atoms with E-state index >= 15 is 0 Å². The third kappa shape index (κ3) is 7.85. The van der Waals surface area contributed by atoms with Gasteiger partial charge in [0.15, 0.2) is 0 Å². The van der Waals surface area contributed by atoms with Gasteiger partial charge in [-0.15, -0.1) is 0 Å². The molecule has 1 saturated heterocycles. The maximum Gasteiger partial charge on any atom is 0.224 e. The van der Waals surface area contributed by atoms with Gasteiger partial charge in [-0.25, -0.2) is 0 Å². The molecule has 0 N–H and O–H groups in total. The van der Waals surface area contributed by atoms with Crippen LogP contribution in [0.1, 0.15) is 48.0 Å². The minimum Gasteiger partial charge on any atom is -0.381 e. The summed E-state index contributed by atoms with van der Waals surface area (Å²) >= 11 is 0. The lowest BCUT2D eigenvalue weighted by Crippen LogP contribution is -2.50. The Morgan fingerprint density at radius 1 is 1.05 bits per heavy atom. The summed E-state index contributed by atoms with van der Waals surface area (Å²) in [5.74, 6) is 0.775. The molecule has 0 atom stereocenters. The zero-order chi connectivity index (χ0) is 15.5. The fraction of sp³-hybridized carbons (Fsp3) is 0.938. The van der Waals surface area contributed by atoms with Crippen molar-refractivity contribution in [2.75, 3.05) is 39.4 Å². The Balaban J connectivity index is 0.00000172. The van der Waals surface area contributed by atoms with Crippen molar-refractivity contribution < 1.29 is 9.53 Å². The van der Waals surface area contributed by atoms with E-state index in [1.54, 1.807) is 0 Å². The molecule has 4 nitrogen and oxygen atoms in total. The van der Waals surface area contributed by atoms with E-state index in [2.05, 4.69) is 32.6 Å². The summed E-state index contributed by atoms with van der Waals surface area (Å²) < 4.78 is 5.46. The number of rotatable bonds is 6. The number of carbonyl (C=O) groups is 1. The van der Waals surface area contributed by atoms with E-state index < -0.39 is 0 Å². The molecule has 1 aliphatic rings.